The lowest BCUT2D eigenvalue weighted by atomic mass is 10.4. The molecule has 0 bridgehead atoms. The summed E-state index contributed by atoms with van der Waals surface area (Å²) in [6.07, 6.45) is 5.50. The van der Waals surface area contributed by atoms with Crippen LogP contribution in [0, 0.1) is 13.8 Å². The Labute approximate surface area is 98.8 Å². The molecule has 16 heavy (non-hydrogen) atoms. The molecule has 0 spiro atoms. The van der Waals surface area contributed by atoms with Crippen molar-refractivity contribution in [3.8, 4) is 0 Å². The average molecular weight is 234 g/mol. The van der Waals surface area contributed by atoms with E-state index in [1.54, 1.807) is 23.7 Å². The summed E-state index contributed by atoms with van der Waals surface area (Å²) in [5.74, 6) is 0. The van der Waals surface area contributed by atoms with Crippen LogP contribution in [0.1, 0.15) is 21.3 Å². The van der Waals surface area contributed by atoms with Gasteiger partial charge in [0.15, 0.2) is 0 Å². The van der Waals surface area contributed by atoms with Crippen LogP contribution in [0.25, 0.3) is 0 Å². The zero-order valence-corrected chi connectivity index (χ0v) is 10.2. The second-order valence-electron chi connectivity index (χ2n) is 3.60. The predicted molar refractivity (Wildman–Crippen MR) is 64.2 cm³/mol. The van der Waals surface area contributed by atoms with E-state index < -0.39 is 0 Å². The number of aromatic nitrogens is 3. The molecule has 2 heterocycles. The van der Waals surface area contributed by atoms with Crippen molar-refractivity contribution in [3.63, 3.8) is 0 Å². The number of nitrogens with zero attached hydrogens (tertiary/aromatic N) is 3. The molecule has 0 unspecified atom stereocenters. The normalized spacial score (nSPS) is 10.6. The first-order valence-corrected chi connectivity index (χ1v) is 5.95. The molecular formula is C11H14N4S. The lowest BCUT2D eigenvalue weighted by Crippen LogP contribution is -2.13. The van der Waals surface area contributed by atoms with Crippen molar-refractivity contribution in [2.45, 2.75) is 26.9 Å². The third-order valence-corrected chi connectivity index (χ3v) is 3.02. The van der Waals surface area contributed by atoms with E-state index in [9.17, 15) is 0 Å². The number of thiazole rings is 1. The van der Waals surface area contributed by atoms with Gasteiger partial charge in [-0.2, -0.15) is 0 Å². The molecule has 2 aromatic heterocycles. The van der Waals surface area contributed by atoms with Crippen LogP contribution in [0.2, 0.25) is 0 Å². The molecule has 0 aliphatic rings. The highest BCUT2D eigenvalue weighted by molar-refractivity contribution is 7.11. The second-order valence-corrected chi connectivity index (χ2v) is 4.92. The SMILES string of the molecule is Cc1cnc(CNCc2cnc(C)s2)cn1. The summed E-state index contributed by atoms with van der Waals surface area (Å²) in [6.45, 7) is 5.52. The number of rotatable bonds is 4. The number of hydrogen-bond donors (Lipinski definition) is 1. The van der Waals surface area contributed by atoms with Gasteiger partial charge >= 0.3 is 0 Å². The highest BCUT2D eigenvalue weighted by atomic mass is 32.1. The quantitative estimate of drug-likeness (QED) is 0.877. The molecule has 5 heteroatoms. The Morgan fingerprint density at radius 2 is 1.94 bits per heavy atom. The van der Waals surface area contributed by atoms with Crippen molar-refractivity contribution < 1.29 is 0 Å². The van der Waals surface area contributed by atoms with E-state index in [2.05, 4.69) is 20.3 Å². The molecule has 0 aliphatic heterocycles. The Balaban J connectivity index is 1.82. The zero-order valence-electron chi connectivity index (χ0n) is 9.40. The van der Waals surface area contributed by atoms with Crippen molar-refractivity contribution in [2.75, 3.05) is 0 Å². The summed E-state index contributed by atoms with van der Waals surface area (Å²) >= 11 is 1.72. The Bertz CT molecular complexity index is 449. The molecule has 0 saturated carbocycles. The molecule has 4 nitrogen and oxygen atoms in total. The first kappa shape index (κ1) is 11.2. The van der Waals surface area contributed by atoms with Gasteiger partial charge in [0.25, 0.3) is 0 Å². The van der Waals surface area contributed by atoms with Crippen LogP contribution >= 0.6 is 11.3 Å². The van der Waals surface area contributed by atoms with Crippen LogP contribution in [0.3, 0.4) is 0 Å². The van der Waals surface area contributed by atoms with Gasteiger partial charge in [-0.1, -0.05) is 0 Å². The molecule has 0 saturated heterocycles. The van der Waals surface area contributed by atoms with Crippen LogP contribution in [0.15, 0.2) is 18.6 Å². The van der Waals surface area contributed by atoms with Gasteiger partial charge in [0.2, 0.25) is 0 Å². The summed E-state index contributed by atoms with van der Waals surface area (Å²) in [7, 11) is 0. The Morgan fingerprint density at radius 1 is 1.06 bits per heavy atom. The average Bonchev–Trinajstić information content (AvgIpc) is 2.67. The molecule has 0 aliphatic carbocycles. The van der Waals surface area contributed by atoms with E-state index in [0.29, 0.717) is 0 Å². The zero-order chi connectivity index (χ0) is 11.4. The number of hydrogen-bond acceptors (Lipinski definition) is 5. The first-order chi connectivity index (χ1) is 7.74. The summed E-state index contributed by atoms with van der Waals surface area (Å²) in [4.78, 5) is 13.9. The van der Waals surface area contributed by atoms with Crippen LogP contribution in [-0.2, 0) is 13.1 Å². The van der Waals surface area contributed by atoms with E-state index in [1.807, 2.05) is 20.0 Å². The Kier molecular flexibility index (Phi) is 3.58. The highest BCUT2D eigenvalue weighted by Crippen LogP contribution is 2.10. The third kappa shape index (κ3) is 3.08. The minimum Gasteiger partial charge on any atom is -0.306 e. The summed E-state index contributed by atoms with van der Waals surface area (Å²) in [5, 5.41) is 4.42. The molecule has 0 fully saturated rings. The fourth-order valence-corrected chi connectivity index (χ4v) is 2.08. The summed E-state index contributed by atoms with van der Waals surface area (Å²) < 4.78 is 0. The minimum atomic E-state index is 0.740. The van der Waals surface area contributed by atoms with Gasteiger partial charge < -0.3 is 5.32 Å². The van der Waals surface area contributed by atoms with Gasteiger partial charge in [-0.05, 0) is 13.8 Å². The topological polar surface area (TPSA) is 50.7 Å². The predicted octanol–water partition coefficient (Wildman–Crippen LogP) is 1.84. The lowest BCUT2D eigenvalue weighted by Gasteiger charge is -2.01. The number of aryl methyl sites for hydroxylation is 2. The second kappa shape index (κ2) is 5.14. The first-order valence-electron chi connectivity index (χ1n) is 5.13. The maximum atomic E-state index is 4.28. The maximum absolute atomic E-state index is 4.28. The third-order valence-electron chi connectivity index (χ3n) is 2.11. The lowest BCUT2D eigenvalue weighted by molar-refractivity contribution is 0.681. The van der Waals surface area contributed by atoms with Crippen LogP contribution in [0.4, 0.5) is 0 Å². The van der Waals surface area contributed by atoms with E-state index in [4.69, 9.17) is 0 Å². The Morgan fingerprint density at radius 3 is 2.56 bits per heavy atom. The molecule has 0 atom stereocenters. The van der Waals surface area contributed by atoms with Crippen molar-refractivity contribution in [2.24, 2.45) is 0 Å². The van der Waals surface area contributed by atoms with Gasteiger partial charge in [0.05, 0.1) is 16.4 Å². The van der Waals surface area contributed by atoms with E-state index in [1.165, 1.54) is 4.88 Å². The molecule has 0 aromatic carbocycles. The largest absolute Gasteiger partial charge is 0.306 e. The van der Waals surface area contributed by atoms with E-state index in [0.717, 1.165) is 29.5 Å². The Hall–Kier alpha value is -1.33. The van der Waals surface area contributed by atoms with Gasteiger partial charge in [-0.15, -0.1) is 11.3 Å². The van der Waals surface area contributed by atoms with Crippen LogP contribution < -0.4 is 5.32 Å². The van der Waals surface area contributed by atoms with Crippen LogP contribution in [0.5, 0.6) is 0 Å². The number of nitrogens with one attached hydrogen (secondary N) is 1. The highest BCUT2D eigenvalue weighted by Gasteiger charge is 1.98. The van der Waals surface area contributed by atoms with E-state index >= 15 is 0 Å². The van der Waals surface area contributed by atoms with E-state index in [-0.39, 0.29) is 0 Å². The minimum absolute atomic E-state index is 0.740. The molecule has 0 amide bonds. The fraction of sp³-hybridized carbons (Fsp3) is 0.364. The maximum Gasteiger partial charge on any atom is 0.0897 e. The van der Waals surface area contributed by atoms with Gasteiger partial charge in [0.1, 0.15) is 0 Å². The summed E-state index contributed by atoms with van der Waals surface area (Å²) in [5.41, 5.74) is 1.91. The smallest absolute Gasteiger partial charge is 0.0897 e. The monoisotopic (exact) mass is 234 g/mol. The van der Waals surface area contributed by atoms with Crippen LogP contribution in [-0.4, -0.2) is 15.0 Å². The van der Waals surface area contributed by atoms with Crippen molar-refractivity contribution >= 4 is 11.3 Å². The van der Waals surface area contributed by atoms with Crippen molar-refractivity contribution in [3.05, 3.63) is 39.9 Å². The molecule has 2 aromatic rings. The standard InChI is InChI=1S/C11H14N4S/c1-8-3-15-10(5-13-8)4-12-6-11-7-14-9(2)16-11/h3,5,7,12H,4,6H2,1-2H3. The molecule has 1 N–H and O–H groups in total. The summed E-state index contributed by atoms with van der Waals surface area (Å²) in [6, 6.07) is 0. The molecule has 84 valence electrons. The van der Waals surface area contributed by atoms with Gasteiger partial charge in [0, 0.05) is 36.6 Å². The van der Waals surface area contributed by atoms with Crippen molar-refractivity contribution in [1.29, 1.82) is 0 Å². The fourth-order valence-electron chi connectivity index (χ4n) is 1.31. The molecule has 0 radical (unpaired) electrons. The van der Waals surface area contributed by atoms with Gasteiger partial charge in [-0.25, -0.2) is 4.98 Å². The molecular weight excluding hydrogens is 220 g/mol. The van der Waals surface area contributed by atoms with Crippen molar-refractivity contribution in [1.82, 2.24) is 20.3 Å². The molecule has 2 rings (SSSR count). The van der Waals surface area contributed by atoms with Gasteiger partial charge in [-0.3, -0.25) is 9.97 Å².